The van der Waals surface area contributed by atoms with E-state index < -0.39 is 0 Å². The van der Waals surface area contributed by atoms with Crippen LogP contribution in [0.1, 0.15) is 58.8 Å². The molecule has 5 heteroatoms. The van der Waals surface area contributed by atoms with Crippen LogP contribution in [0.4, 0.5) is 0 Å². The summed E-state index contributed by atoms with van der Waals surface area (Å²) in [6, 6.07) is 0. The summed E-state index contributed by atoms with van der Waals surface area (Å²) in [6.07, 6.45) is 3.77. The first kappa shape index (κ1) is 20.3. The van der Waals surface area contributed by atoms with Gasteiger partial charge in [0.2, 0.25) is 0 Å². The fourth-order valence-electron chi connectivity index (χ4n) is 2.21. The molecule has 1 rings (SSSR count). The second-order valence-corrected chi connectivity index (χ2v) is 8.88. The van der Waals surface area contributed by atoms with Crippen LogP contribution in [0.5, 0.6) is 0 Å². The summed E-state index contributed by atoms with van der Waals surface area (Å²) < 4.78 is 1.37. The second-order valence-electron chi connectivity index (χ2n) is 5.69. The molecule has 1 radical (unpaired) electrons. The maximum atomic E-state index is 6.17. The molecule has 1 aromatic rings. The van der Waals surface area contributed by atoms with Crippen molar-refractivity contribution >= 4 is 65.5 Å². The quantitative estimate of drug-likeness (QED) is 0.446. The molecule has 0 amide bonds. The van der Waals surface area contributed by atoms with Crippen LogP contribution in [0, 0.1) is 5.92 Å². The van der Waals surface area contributed by atoms with E-state index in [1.165, 1.54) is 50.2 Å². The monoisotopic (exact) mass is 349 g/mol. The van der Waals surface area contributed by atoms with Crippen molar-refractivity contribution in [3.05, 3.63) is 4.88 Å². The molecule has 1 atom stereocenters. The average Bonchev–Trinajstić information content (AvgIpc) is 2.81. The summed E-state index contributed by atoms with van der Waals surface area (Å²) in [4.78, 5) is 4.14. The molecular weight excluding hydrogens is 322 g/mol. The average molecular weight is 349 g/mol. The number of rotatable bonds is 10. The third-order valence-corrected chi connectivity index (χ3v) is 7.70. The van der Waals surface area contributed by atoms with Gasteiger partial charge < -0.3 is 0 Å². The molecule has 0 saturated heterocycles. The molecule has 0 nitrogen and oxygen atoms in total. The minimum absolute atomic E-state index is 0.759. The second kappa shape index (κ2) is 10.9. The first-order valence-corrected chi connectivity index (χ1v) is 11.0. The van der Waals surface area contributed by atoms with Crippen LogP contribution in [-0.4, -0.2) is 37.3 Å². The molecule has 119 valence electrons. The van der Waals surface area contributed by atoms with Crippen molar-refractivity contribution < 1.29 is 0 Å². The van der Waals surface area contributed by atoms with Crippen molar-refractivity contribution in [3.8, 4) is 0 Å². The molecule has 0 spiro atoms. The van der Waals surface area contributed by atoms with Crippen molar-refractivity contribution in [2.75, 3.05) is 11.5 Å². The Kier molecular flexibility index (Phi) is 10.1. The molecule has 0 aliphatic heterocycles. The Labute approximate surface area is 151 Å². The summed E-state index contributed by atoms with van der Waals surface area (Å²) >= 11 is 5.83. The zero-order valence-corrected chi connectivity index (χ0v) is 17.0. The number of hydrogen-bond donors (Lipinski definition) is 0. The Bertz CT molecular complexity index is 506. The number of hydrogen-bond acceptors (Lipinski definition) is 3. The maximum absolute atomic E-state index is 6.17. The van der Waals surface area contributed by atoms with E-state index in [4.69, 9.17) is 7.49 Å². The molecular formula is C17H27B2S3. The topological polar surface area (TPSA) is 0 Å². The van der Waals surface area contributed by atoms with Gasteiger partial charge in [0.25, 0.3) is 0 Å². The predicted octanol–water partition coefficient (Wildman–Crippen LogP) is 4.64. The molecule has 1 aromatic heterocycles. The summed E-state index contributed by atoms with van der Waals surface area (Å²) in [7, 11) is 6.17. The van der Waals surface area contributed by atoms with Gasteiger partial charge in [0, 0.05) is 0 Å². The van der Waals surface area contributed by atoms with Crippen molar-refractivity contribution in [2.45, 2.75) is 63.7 Å². The molecule has 0 saturated carbocycles. The normalized spacial score (nSPS) is 12.5. The Hall–Kier alpha value is 0.270. The van der Waals surface area contributed by atoms with Gasteiger partial charge in [-0.05, 0) is 0 Å². The van der Waals surface area contributed by atoms with Crippen LogP contribution in [-0.2, 0) is 0 Å². The molecule has 0 N–H and O–H groups in total. The van der Waals surface area contributed by atoms with E-state index in [1.54, 1.807) is 0 Å². The Morgan fingerprint density at radius 3 is 2.55 bits per heavy atom. The van der Waals surface area contributed by atoms with Gasteiger partial charge in [0.15, 0.2) is 0 Å². The van der Waals surface area contributed by atoms with Gasteiger partial charge in [-0.3, -0.25) is 0 Å². The van der Waals surface area contributed by atoms with E-state index in [9.17, 15) is 0 Å². The van der Waals surface area contributed by atoms with E-state index in [-0.39, 0.29) is 0 Å². The van der Waals surface area contributed by atoms with Crippen LogP contribution in [0.2, 0.25) is 0 Å². The first-order valence-electron chi connectivity index (χ1n) is 8.19. The van der Waals surface area contributed by atoms with Gasteiger partial charge in [-0.1, -0.05) is 0 Å². The van der Waals surface area contributed by atoms with Gasteiger partial charge in [-0.25, -0.2) is 0 Å². The molecule has 0 aliphatic carbocycles. The Morgan fingerprint density at radius 1 is 1.27 bits per heavy atom. The summed E-state index contributed by atoms with van der Waals surface area (Å²) in [5, 5.41) is 0. The summed E-state index contributed by atoms with van der Waals surface area (Å²) in [5.41, 5.74) is 0.949. The third-order valence-electron chi connectivity index (χ3n) is 3.27. The van der Waals surface area contributed by atoms with Crippen molar-refractivity contribution in [2.24, 2.45) is 5.92 Å². The van der Waals surface area contributed by atoms with E-state index >= 15 is 0 Å². The molecule has 0 bridgehead atoms. The van der Waals surface area contributed by atoms with Crippen LogP contribution < -0.4 is 4.78 Å². The fourth-order valence-corrected chi connectivity index (χ4v) is 6.28. The van der Waals surface area contributed by atoms with Gasteiger partial charge in [0.05, 0.1) is 0 Å². The first-order chi connectivity index (χ1) is 10.5. The zero-order chi connectivity index (χ0) is 16.5. The Morgan fingerprint density at radius 2 is 2.00 bits per heavy atom. The van der Waals surface area contributed by atoms with Gasteiger partial charge in [-0.2, -0.15) is 0 Å². The third kappa shape index (κ3) is 6.05. The number of thiophene rings is 1. The van der Waals surface area contributed by atoms with Gasteiger partial charge in [0.1, 0.15) is 0 Å². The van der Waals surface area contributed by atoms with Crippen LogP contribution in [0.25, 0.3) is 0 Å². The molecule has 0 aromatic carbocycles. The molecule has 0 aliphatic rings. The standard InChI is InChI=1S/C17H27B2S3/c1-6-9-12(4)11-21-15-14(13(5)18)22-17(19-8-3)16(15)20-10-7-2/h8,12H,6-7,9-11H2,1-5H3. The minimum atomic E-state index is 0.759. The SMILES string of the molecule is [B]=C(C)c1sc(B=CC)c(SCCC)c1SCC(C)CCC. The van der Waals surface area contributed by atoms with Crippen molar-refractivity contribution in [1.29, 1.82) is 0 Å². The molecule has 0 fully saturated rings. The van der Waals surface area contributed by atoms with Crippen LogP contribution in [0.15, 0.2) is 9.79 Å². The van der Waals surface area contributed by atoms with E-state index in [2.05, 4.69) is 40.6 Å². The Balaban J connectivity index is 3.09. The van der Waals surface area contributed by atoms with Gasteiger partial charge in [-0.15, -0.1) is 0 Å². The number of thioether (sulfide) groups is 2. The van der Waals surface area contributed by atoms with E-state index in [1.807, 2.05) is 41.8 Å². The van der Waals surface area contributed by atoms with Crippen molar-refractivity contribution in [3.63, 3.8) is 0 Å². The molecule has 1 heterocycles. The van der Waals surface area contributed by atoms with Crippen molar-refractivity contribution in [1.82, 2.24) is 0 Å². The van der Waals surface area contributed by atoms with Crippen LogP contribution >= 0.6 is 34.9 Å². The summed E-state index contributed by atoms with van der Waals surface area (Å²) in [6.45, 7) is 13.2. The van der Waals surface area contributed by atoms with E-state index in [0.29, 0.717) is 0 Å². The zero-order valence-electron chi connectivity index (χ0n) is 14.6. The van der Waals surface area contributed by atoms with Crippen LogP contribution in [0.3, 0.4) is 0 Å². The van der Waals surface area contributed by atoms with Gasteiger partial charge >= 0.3 is 151 Å². The molecule has 1 unspecified atom stereocenters. The predicted molar refractivity (Wildman–Crippen MR) is 113 cm³/mol. The summed E-state index contributed by atoms with van der Waals surface area (Å²) in [5.74, 6) is 5.24. The fraction of sp³-hybridized carbons (Fsp3) is 0.647. The van der Waals surface area contributed by atoms with E-state index in [0.717, 1.165) is 11.4 Å². The molecule has 22 heavy (non-hydrogen) atoms.